The number of nitrogens with one attached hydrogen (secondary N) is 1. The highest BCUT2D eigenvalue weighted by Gasteiger charge is 2.04. The van der Waals surface area contributed by atoms with E-state index in [1.165, 1.54) is 18.3 Å². The summed E-state index contributed by atoms with van der Waals surface area (Å²) in [6.45, 7) is 0. The largest absolute Gasteiger partial charge is 0.368 e. The number of halogens is 2. The van der Waals surface area contributed by atoms with Crippen LogP contribution >= 0.6 is 11.6 Å². The predicted octanol–water partition coefficient (Wildman–Crippen LogP) is 2.59. The van der Waals surface area contributed by atoms with Gasteiger partial charge in [-0.3, -0.25) is 0 Å². The van der Waals surface area contributed by atoms with E-state index >= 15 is 0 Å². The molecule has 82 valence electrons. The molecular weight excluding hydrogens is 231 g/mol. The molecule has 0 aliphatic carbocycles. The van der Waals surface area contributed by atoms with Crippen molar-refractivity contribution in [2.45, 2.75) is 0 Å². The van der Waals surface area contributed by atoms with E-state index in [0.717, 1.165) is 0 Å². The molecule has 0 saturated carbocycles. The zero-order valence-corrected chi connectivity index (χ0v) is 8.87. The Morgan fingerprint density at radius 1 is 1.31 bits per heavy atom. The van der Waals surface area contributed by atoms with E-state index in [9.17, 15) is 4.39 Å². The molecule has 2 rings (SSSR count). The van der Waals surface area contributed by atoms with E-state index in [0.29, 0.717) is 10.8 Å². The molecule has 0 bridgehead atoms. The van der Waals surface area contributed by atoms with Gasteiger partial charge >= 0.3 is 0 Å². The van der Waals surface area contributed by atoms with E-state index in [2.05, 4.69) is 15.3 Å². The van der Waals surface area contributed by atoms with Gasteiger partial charge in [0.25, 0.3) is 0 Å². The summed E-state index contributed by atoms with van der Waals surface area (Å²) in [6, 6.07) is 5.91. The third-order valence-corrected chi connectivity index (χ3v) is 2.10. The molecule has 2 aromatic rings. The van der Waals surface area contributed by atoms with E-state index in [1.807, 2.05) is 0 Å². The van der Waals surface area contributed by atoms with E-state index < -0.39 is 5.82 Å². The summed E-state index contributed by atoms with van der Waals surface area (Å²) in [6.07, 6.45) is 1.48. The van der Waals surface area contributed by atoms with Crippen molar-refractivity contribution in [1.29, 1.82) is 0 Å². The van der Waals surface area contributed by atoms with E-state index in [-0.39, 0.29) is 11.6 Å². The Morgan fingerprint density at radius 2 is 2.12 bits per heavy atom. The van der Waals surface area contributed by atoms with Gasteiger partial charge in [0.1, 0.15) is 11.6 Å². The van der Waals surface area contributed by atoms with Crippen molar-refractivity contribution in [2.75, 3.05) is 11.1 Å². The minimum Gasteiger partial charge on any atom is -0.368 e. The lowest BCUT2D eigenvalue weighted by molar-refractivity contribution is 0.632. The highest BCUT2D eigenvalue weighted by Crippen LogP contribution is 2.21. The van der Waals surface area contributed by atoms with Crippen molar-refractivity contribution in [3.8, 4) is 0 Å². The summed E-state index contributed by atoms with van der Waals surface area (Å²) < 4.78 is 13.4. The highest BCUT2D eigenvalue weighted by atomic mass is 35.5. The Balaban J connectivity index is 2.27. The SMILES string of the molecule is Nc1nccc(Nc2ccc(Cl)cc2F)n1. The van der Waals surface area contributed by atoms with Crippen LogP contribution in [0.4, 0.5) is 21.8 Å². The third-order valence-electron chi connectivity index (χ3n) is 1.87. The molecule has 1 aromatic heterocycles. The molecule has 0 amide bonds. The third kappa shape index (κ3) is 2.38. The van der Waals surface area contributed by atoms with Crippen molar-refractivity contribution >= 4 is 29.1 Å². The molecule has 16 heavy (non-hydrogen) atoms. The van der Waals surface area contributed by atoms with E-state index in [1.54, 1.807) is 12.1 Å². The van der Waals surface area contributed by atoms with Gasteiger partial charge in [-0.2, -0.15) is 4.98 Å². The minimum absolute atomic E-state index is 0.124. The van der Waals surface area contributed by atoms with Crippen molar-refractivity contribution < 1.29 is 4.39 Å². The maximum absolute atomic E-state index is 13.4. The molecule has 0 atom stereocenters. The maximum atomic E-state index is 13.4. The Morgan fingerprint density at radius 3 is 2.81 bits per heavy atom. The van der Waals surface area contributed by atoms with Crippen LogP contribution in [0.5, 0.6) is 0 Å². The summed E-state index contributed by atoms with van der Waals surface area (Å²) in [5.74, 6) is 0.0952. The molecule has 3 N–H and O–H groups in total. The Bertz CT molecular complexity index is 518. The maximum Gasteiger partial charge on any atom is 0.221 e. The number of aromatic nitrogens is 2. The lowest BCUT2D eigenvalue weighted by atomic mass is 10.3. The van der Waals surface area contributed by atoms with Gasteiger partial charge in [0, 0.05) is 11.2 Å². The second-order valence-electron chi connectivity index (χ2n) is 3.05. The number of nitrogens with two attached hydrogens (primary N) is 1. The van der Waals surface area contributed by atoms with Gasteiger partial charge in [0.05, 0.1) is 5.69 Å². The second-order valence-corrected chi connectivity index (χ2v) is 3.49. The number of nitrogen functional groups attached to an aromatic ring is 1. The second kappa shape index (κ2) is 4.32. The first-order valence-electron chi connectivity index (χ1n) is 4.46. The van der Waals surface area contributed by atoms with Crippen LogP contribution in [-0.4, -0.2) is 9.97 Å². The zero-order chi connectivity index (χ0) is 11.5. The van der Waals surface area contributed by atoms with Crippen LogP contribution in [0.3, 0.4) is 0 Å². The lowest BCUT2D eigenvalue weighted by Crippen LogP contribution is -2.00. The van der Waals surface area contributed by atoms with Gasteiger partial charge in [0.15, 0.2) is 0 Å². The van der Waals surface area contributed by atoms with Crippen molar-refractivity contribution in [3.63, 3.8) is 0 Å². The molecule has 0 fully saturated rings. The average Bonchev–Trinajstić information content (AvgIpc) is 2.22. The van der Waals surface area contributed by atoms with Crippen LogP contribution in [0.15, 0.2) is 30.5 Å². The molecule has 0 unspecified atom stereocenters. The molecule has 6 heteroatoms. The minimum atomic E-state index is -0.454. The number of benzene rings is 1. The summed E-state index contributed by atoms with van der Waals surface area (Å²) >= 11 is 5.63. The molecule has 1 aromatic carbocycles. The number of hydrogen-bond acceptors (Lipinski definition) is 4. The zero-order valence-electron chi connectivity index (χ0n) is 8.11. The van der Waals surface area contributed by atoms with Crippen LogP contribution < -0.4 is 11.1 Å². The summed E-state index contributed by atoms with van der Waals surface area (Å²) in [7, 11) is 0. The number of hydrogen-bond donors (Lipinski definition) is 2. The Labute approximate surface area is 96.3 Å². The number of rotatable bonds is 2. The lowest BCUT2D eigenvalue weighted by Gasteiger charge is -2.06. The molecule has 0 radical (unpaired) electrons. The van der Waals surface area contributed by atoms with Crippen LogP contribution in [0.25, 0.3) is 0 Å². The molecule has 0 aliphatic heterocycles. The first kappa shape index (κ1) is 10.6. The first-order valence-corrected chi connectivity index (χ1v) is 4.83. The highest BCUT2D eigenvalue weighted by molar-refractivity contribution is 6.30. The fourth-order valence-corrected chi connectivity index (χ4v) is 1.33. The summed E-state index contributed by atoms with van der Waals surface area (Å²) in [4.78, 5) is 7.62. The van der Waals surface area contributed by atoms with Gasteiger partial charge in [-0.15, -0.1) is 0 Å². The van der Waals surface area contributed by atoms with Gasteiger partial charge in [0.2, 0.25) is 5.95 Å². The molecule has 0 spiro atoms. The monoisotopic (exact) mass is 238 g/mol. The normalized spacial score (nSPS) is 10.1. The first-order chi connectivity index (χ1) is 7.65. The van der Waals surface area contributed by atoms with Crippen LogP contribution in [0.2, 0.25) is 5.02 Å². The standard InChI is InChI=1S/C10H8ClFN4/c11-6-1-2-8(7(12)5-6)15-9-3-4-14-10(13)16-9/h1-5H,(H3,13,14,15,16). The summed E-state index contributed by atoms with van der Waals surface area (Å²) in [5, 5.41) is 3.11. The fourth-order valence-electron chi connectivity index (χ4n) is 1.17. The number of anilines is 3. The summed E-state index contributed by atoms with van der Waals surface area (Å²) in [5.41, 5.74) is 5.68. The van der Waals surface area contributed by atoms with Crippen LogP contribution in [0.1, 0.15) is 0 Å². The quantitative estimate of drug-likeness (QED) is 0.844. The van der Waals surface area contributed by atoms with Gasteiger partial charge < -0.3 is 11.1 Å². The molecule has 0 saturated heterocycles. The molecule has 1 heterocycles. The average molecular weight is 239 g/mol. The van der Waals surface area contributed by atoms with Crippen molar-refractivity contribution in [3.05, 3.63) is 41.3 Å². The Kier molecular flexibility index (Phi) is 2.87. The van der Waals surface area contributed by atoms with Crippen LogP contribution in [-0.2, 0) is 0 Å². The van der Waals surface area contributed by atoms with E-state index in [4.69, 9.17) is 17.3 Å². The number of nitrogens with zero attached hydrogens (tertiary/aromatic N) is 2. The Hall–Kier alpha value is -1.88. The van der Waals surface area contributed by atoms with Gasteiger partial charge in [-0.25, -0.2) is 9.37 Å². The fraction of sp³-hybridized carbons (Fsp3) is 0. The van der Waals surface area contributed by atoms with Gasteiger partial charge in [-0.05, 0) is 24.3 Å². The molecule has 4 nitrogen and oxygen atoms in total. The smallest absolute Gasteiger partial charge is 0.221 e. The van der Waals surface area contributed by atoms with Crippen LogP contribution in [0, 0.1) is 5.82 Å². The van der Waals surface area contributed by atoms with Crippen molar-refractivity contribution in [1.82, 2.24) is 9.97 Å². The topological polar surface area (TPSA) is 63.8 Å². The molecular formula is C10H8ClFN4. The molecule has 0 aliphatic rings. The predicted molar refractivity (Wildman–Crippen MR) is 61.1 cm³/mol. The van der Waals surface area contributed by atoms with Gasteiger partial charge in [-0.1, -0.05) is 11.6 Å². The van der Waals surface area contributed by atoms with Crippen molar-refractivity contribution in [2.24, 2.45) is 0 Å².